The molecular formula is C61H118O17P2. The summed E-state index contributed by atoms with van der Waals surface area (Å²) < 4.78 is 67.8. The molecule has 80 heavy (non-hydrogen) atoms. The normalized spacial score (nSPS) is 14.3. The summed E-state index contributed by atoms with van der Waals surface area (Å²) in [5.74, 6) is -1.41. The van der Waals surface area contributed by atoms with Crippen molar-refractivity contribution in [3.63, 3.8) is 0 Å². The molecule has 474 valence electrons. The molecule has 0 saturated carbocycles. The fourth-order valence-corrected chi connectivity index (χ4v) is 10.6. The second kappa shape index (κ2) is 55.0. The van der Waals surface area contributed by atoms with E-state index < -0.39 is 97.5 Å². The van der Waals surface area contributed by atoms with Gasteiger partial charge in [-0.15, -0.1) is 0 Å². The fraction of sp³-hybridized carbons (Fsp3) is 0.934. The highest BCUT2D eigenvalue weighted by atomic mass is 31.2. The average molecular weight is 1190 g/mol. The number of carbonyl (C=O) groups excluding carboxylic acids is 4. The van der Waals surface area contributed by atoms with E-state index in [2.05, 4.69) is 34.6 Å². The zero-order valence-corrected chi connectivity index (χ0v) is 53.0. The van der Waals surface area contributed by atoms with Crippen molar-refractivity contribution in [1.82, 2.24) is 0 Å². The Bertz CT molecular complexity index is 1570. The van der Waals surface area contributed by atoms with Crippen LogP contribution >= 0.6 is 15.6 Å². The number of ether oxygens (including phenoxy) is 4. The molecule has 17 nitrogen and oxygen atoms in total. The van der Waals surface area contributed by atoms with E-state index in [-0.39, 0.29) is 25.7 Å². The minimum Gasteiger partial charge on any atom is -0.462 e. The van der Waals surface area contributed by atoms with Crippen LogP contribution in [0.1, 0.15) is 304 Å². The first kappa shape index (κ1) is 78.1. The average Bonchev–Trinajstić information content (AvgIpc) is 3.42. The Balaban J connectivity index is 5.22. The van der Waals surface area contributed by atoms with Crippen molar-refractivity contribution in [2.45, 2.75) is 323 Å². The predicted molar refractivity (Wildman–Crippen MR) is 317 cm³/mol. The number of aliphatic hydroxyl groups excluding tert-OH is 1. The van der Waals surface area contributed by atoms with Gasteiger partial charge in [0.1, 0.15) is 19.3 Å². The van der Waals surface area contributed by atoms with Crippen LogP contribution in [0.15, 0.2) is 0 Å². The van der Waals surface area contributed by atoms with Crippen LogP contribution in [0.4, 0.5) is 0 Å². The second-order valence-electron chi connectivity index (χ2n) is 22.6. The van der Waals surface area contributed by atoms with E-state index in [4.69, 9.17) is 37.0 Å². The number of hydrogen-bond acceptors (Lipinski definition) is 15. The number of phosphoric acid groups is 2. The molecule has 2 unspecified atom stereocenters. The minimum atomic E-state index is -4.94. The van der Waals surface area contributed by atoms with Gasteiger partial charge < -0.3 is 33.8 Å². The van der Waals surface area contributed by atoms with Crippen molar-refractivity contribution in [2.75, 3.05) is 39.6 Å². The Morgan fingerprint density at radius 1 is 0.338 bits per heavy atom. The van der Waals surface area contributed by atoms with Gasteiger partial charge in [-0.05, 0) is 31.6 Å². The number of carbonyl (C=O) groups is 4. The summed E-state index contributed by atoms with van der Waals surface area (Å²) in [6.45, 7) is 7.09. The van der Waals surface area contributed by atoms with E-state index in [1.165, 1.54) is 116 Å². The van der Waals surface area contributed by atoms with Gasteiger partial charge in [0.05, 0.1) is 26.4 Å². The lowest BCUT2D eigenvalue weighted by Gasteiger charge is -2.21. The van der Waals surface area contributed by atoms with Crippen molar-refractivity contribution in [2.24, 2.45) is 5.92 Å². The zero-order valence-electron chi connectivity index (χ0n) is 51.2. The largest absolute Gasteiger partial charge is 0.472 e. The minimum absolute atomic E-state index is 0.106. The maximum Gasteiger partial charge on any atom is 0.472 e. The Morgan fingerprint density at radius 2 is 0.575 bits per heavy atom. The number of phosphoric ester groups is 2. The Morgan fingerprint density at radius 3 is 0.850 bits per heavy atom. The molecule has 3 N–H and O–H groups in total. The quantitative estimate of drug-likeness (QED) is 0.0222. The van der Waals surface area contributed by atoms with Crippen LogP contribution in [0.25, 0.3) is 0 Å². The van der Waals surface area contributed by atoms with E-state index in [9.17, 15) is 43.2 Å². The van der Waals surface area contributed by atoms with Gasteiger partial charge in [-0.2, -0.15) is 0 Å². The first-order chi connectivity index (χ1) is 38.5. The maximum absolute atomic E-state index is 12.9. The molecule has 0 aromatic heterocycles. The van der Waals surface area contributed by atoms with E-state index in [0.717, 1.165) is 109 Å². The van der Waals surface area contributed by atoms with Gasteiger partial charge >= 0.3 is 39.5 Å². The molecule has 0 amide bonds. The van der Waals surface area contributed by atoms with Crippen LogP contribution in [0.3, 0.4) is 0 Å². The number of unbranched alkanes of at least 4 members (excludes halogenated alkanes) is 33. The molecule has 0 aromatic carbocycles. The summed E-state index contributed by atoms with van der Waals surface area (Å²) in [4.78, 5) is 71.9. The first-order valence-corrected chi connectivity index (χ1v) is 35.1. The molecule has 5 atom stereocenters. The van der Waals surface area contributed by atoms with E-state index >= 15 is 0 Å². The maximum atomic E-state index is 12.9. The lowest BCUT2D eigenvalue weighted by Crippen LogP contribution is -2.30. The smallest absolute Gasteiger partial charge is 0.462 e. The summed E-state index contributed by atoms with van der Waals surface area (Å²) in [5.41, 5.74) is 0. The third kappa shape index (κ3) is 55.3. The van der Waals surface area contributed by atoms with Crippen molar-refractivity contribution in [1.29, 1.82) is 0 Å². The SMILES string of the molecule is CCCCCCCCCCCCCCC(=O)O[C@H](COC(=O)CCCCCCCCCCC(C)C)COP(=O)(O)OC[C@@H](O)COP(=O)(O)OC[C@@H](COC(=O)CCCCCCCCC)OC(=O)CCCCCCCCCCCC. The van der Waals surface area contributed by atoms with Gasteiger partial charge in [0.15, 0.2) is 12.2 Å². The lowest BCUT2D eigenvalue weighted by molar-refractivity contribution is -0.161. The van der Waals surface area contributed by atoms with Gasteiger partial charge in [-0.1, -0.05) is 253 Å². The lowest BCUT2D eigenvalue weighted by atomic mass is 10.0. The number of aliphatic hydroxyl groups is 1. The molecule has 0 rings (SSSR count). The number of hydrogen-bond donors (Lipinski definition) is 3. The van der Waals surface area contributed by atoms with Crippen molar-refractivity contribution in [3.05, 3.63) is 0 Å². The van der Waals surface area contributed by atoms with Gasteiger partial charge in [-0.25, -0.2) is 9.13 Å². The van der Waals surface area contributed by atoms with Gasteiger partial charge in [0.25, 0.3) is 0 Å². The van der Waals surface area contributed by atoms with Gasteiger partial charge in [0, 0.05) is 25.7 Å². The van der Waals surface area contributed by atoms with E-state index in [0.29, 0.717) is 25.7 Å². The van der Waals surface area contributed by atoms with Crippen molar-refractivity contribution in [3.8, 4) is 0 Å². The molecule has 0 heterocycles. The highest BCUT2D eigenvalue weighted by Gasteiger charge is 2.30. The van der Waals surface area contributed by atoms with Crippen LogP contribution < -0.4 is 0 Å². The van der Waals surface area contributed by atoms with E-state index in [1.807, 2.05) is 0 Å². The summed E-state index contributed by atoms with van der Waals surface area (Å²) in [6.07, 6.45) is 37.6. The van der Waals surface area contributed by atoms with E-state index in [1.54, 1.807) is 0 Å². The topological polar surface area (TPSA) is 237 Å². The Hall–Kier alpha value is -1.94. The predicted octanol–water partition coefficient (Wildman–Crippen LogP) is 16.6. The molecule has 0 aliphatic carbocycles. The molecule has 0 fully saturated rings. The third-order valence-electron chi connectivity index (χ3n) is 14.0. The third-order valence-corrected chi connectivity index (χ3v) is 15.9. The van der Waals surface area contributed by atoms with Crippen molar-refractivity contribution >= 4 is 39.5 Å². The van der Waals surface area contributed by atoms with Gasteiger partial charge in [-0.3, -0.25) is 37.3 Å². The molecule has 0 aliphatic rings. The zero-order chi connectivity index (χ0) is 59.2. The summed E-state index contributed by atoms with van der Waals surface area (Å²) in [6, 6.07) is 0. The summed E-state index contributed by atoms with van der Waals surface area (Å²) >= 11 is 0. The van der Waals surface area contributed by atoms with Crippen molar-refractivity contribution < 1.29 is 80.2 Å². The number of esters is 4. The summed E-state index contributed by atoms with van der Waals surface area (Å²) in [5, 5.41) is 10.5. The molecule has 0 radical (unpaired) electrons. The van der Waals surface area contributed by atoms with Crippen LogP contribution in [0, 0.1) is 5.92 Å². The van der Waals surface area contributed by atoms with Gasteiger partial charge in [0.2, 0.25) is 0 Å². The Labute approximate surface area is 486 Å². The fourth-order valence-electron chi connectivity index (χ4n) is 9.05. The highest BCUT2D eigenvalue weighted by molar-refractivity contribution is 7.47. The molecule has 0 aliphatic heterocycles. The molecular weight excluding hydrogens is 1070 g/mol. The number of rotatable bonds is 61. The second-order valence-corrected chi connectivity index (χ2v) is 25.5. The molecule has 19 heteroatoms. The standard InChI is InChI=1S/C61H118O17P2/c1-6-9-12-15-18-20-22-23-25-32-37-42-47-61(66)78-57(51-72-59(64)45-40-35-30-27-26-29-33-38-43-54(4)5)53-76-80(69,70)74-49-55(62)48-73-79(67,68)75-52-56(50-71-58(63)44-39-34-28-17-14-11-8-3)77-60(65)46-41-36-31-24-21-19-16-13-10-7-2/h54-57,62H,6-53H2,1-5H3,(H,67,68)(H,69,70)/t55-,56+,57+/m0/s1. The van der Waals surface area contributed by atoms with Crippen LogP contribution in [-0.4, -0.2) is 96.7 Å². The first-order valence-electron chi connectivity index (χ1n) is 32.1. The molecule has 0 bridgehead atoms. The molecule has 0 spiro atoms. The Kier molecular flexibility index (Phi) is 53.6. The highest BCUT2D eigenvalue weighted by Crippen LogP contribution is 2.45. The summed E-state index contributed by atoms with van der Waals surface area (Å²) in [7, 11) is -9.87. The molecule has 0 aromatic rings. The van der Waals surface area contributed by atoms with Crippen LogP contribution in [0.2, 0.25) is 0 Å². The van der Waals surface area contributed by atoms with Crippen LogP contribution in [-0.2, 0) is 65.4 Å². The monoisotopic (exact) mass is 1180 g/mol. The van der Waals surface area contributed by atoms with Crippen LogP contribution in [0.5, 0.6) is 0 Å². The molecule has 0 saturated heterocycles.